The summed E-state index contributed by atoms with van der Waals surface area (Å²) in [6.45, 7) is 2.07. The van der Waals surface area contributed by atoms with Crippen LogP contribution in [0.15, 0.2) is 41.8 Å². The van der Waals surface area contributed by atoms with Crippen LogP contribution in [0.4, 0.5) is 5.69 Å². The first-order valence-electron chi connectivity index (χ1n) is 7.86. The Hall–Kier alpha value is -2.19. The number of anilines is 1. The minimum atomic E-state index is -3.67. The zero-order chi connectivity index (χ0) is 18.0. The molecule has 1 aliphatic rings. The summed E-state index contributed by atoms with van der Waals surface area (Å²) in [7, 11) is -3.67. The predicted octanol–water partition coefficient (Wildman–Crippen LogP) is 2.03. The van der Waals surface area contributed by atoms with Crippen LogP contribution in [0.1, 0.15) is 22.2 Å². The summed E-state index contributed by atoms with van der Waals surface area (Å²) < 4.78 is 25.2. The standard InChI is InChI=1S/C17H18N2O4S2/c1-12-11-25(22,23)19(17(12)21)14-5-2-4-13(10-14)16(20)18-8-7-15-6-3-9-24-15/h2-6,9-10,12H,7-8,11H2,1H3,(H,18,20)/t12-/m0/s1. The van der Waals surface area contributed by atoms with Crippen LogP contribution >= 0.6 is 11.3 Å². The van der Waals surface area contributed by atoms with E-state index >= 15 is 0 Å². The first kappa shape index (κ1) is 17.6. The molecular formula is C17H18N2O4S2. The van der Waals surface area contributed by atoms with Gasteiger partial charge in [-0.3, -0.25) is 9.59 Å². The zero-order valence-corrected chi connectivity index (χ0v) is 15.3. The summed E-state index contributed by atoms with van der Waals surface area (Å²) in [4.78, 5) is 25.6. The molecule has 0 saturated carbocycles. The predicted molar refractivity (Wildman–Crippen MR) is 97.2 cm³/mol. The minimum Gasteiger partial charge on any atom is -0.352 e. The number of carbonyl (C=O) groups excluding carboxylic acids is 2. The summed E-state index contributed by atoms with van der Waals surface area (Å²) in [6.07, 6.45) is 0.736. The molecular weight excluding hydrogens is 360 g/mol. The molecule has 8 heteroatoms. The van der Waals surface area contributed by atoms with Gasteiger partial charge in [0.05, 0.1) is 17.4 Å². The molecule has 0 spiro atoms. The third-order valence-electron chi connectivity index (χ3n) is 3.94. The van der Waals surface area contributed by atoms with E-state index in [1.807, 2.05) is 17.5 Å². The number of nitrogens with one attached hydrogen (secondary N) is 1. The molecule has 1 aromatic carbocycles. The average molecular weight is 378 g/mol. The van der Waals surface area contributed by atoms with Crippen molar-refractivity contribution in [3.8, 4) is 0 Å². The molecule has 1 aliphatic heterocycles. The highest BCUT2D eigenvalue weighted by molar-refractivity contribution is 7.94. The highest BCUT2D eigenvalue weighted by Gasteiger charge is 2.42. The van der Waals surface area contributed by atoms with E-state index in [-0.39, 0.29) is 17.3 Å². The van der Waals surface area contributed by atoms with E-state index in [9.17, 15) is 18.0 Å². The Morgan fingerprint density at radius 1 is 1.32 bits per heavy atom. The van der Waals surface area contributed by atoms with E-state index in [0.29, 0.717) is 12.1 Å². The van der Waals surface area contributed by atoms with Crippen molar-refractivity contribution in [2.45, 2.75) is 13.3 Å². The van der Waals surface area contributed by atoms with Gasteiger partial charge in [-0.05, 0) is 36.1 Å². The monoisotopic (exact) mass is 378 g/mol. The van der Waals surface area contributed by atoms with Gasteiger partial charge in [-0.25, -0.2) is 12.7 Å². The SMILES string of the molecule is C[C@H]1CS(=O)(=O)N(c2cccc(C(=O)NCCc3cccs3)c2)C1=O. The number of sulfonamides is 1. The van der Waals surface area contributed by atoms with Gasteiger partial charge in [0.2, 0.25) is 15.9 Å². The molecule has 1 fully saturated rings. The Morgan fingerprint density at radius 2 is 2.12 bits per heavy atom. The van der Waals surface area contributed by atoms with Crippen molar-refractivity contribution < 1.29 is 18.0 Å². The summed E-state index contributed by atoms with van der Waals surface area (Å²) in [5, 5.41) is 4.79. The molecule has 1 saturated heterocycles. The van der Waals surface area contributed by atoms with Crippen LogP contribution in [0.3, 0.4) is 0 Å². The summed E-state index contributed by atoms with van der Waals surface area (Å²) in [5.74, 6) is -1.54. The van der Waals surface area contributed by atoms with E-state index in [2.05, 4.69) is 5.32 Å². The van der Waals surface area contributed by atoms with Gasteiger partial charge in [-0.15, -0.1) is 11.3 Å². The lowest BCUT2D eigenvalue weighted by atomic mass is 10.1. The molecule has 0 unspecified atom stereocenters. The maximum Gasteiger partial charge on any atom is 0.251 e. The molecule has 0 bridgehead atoms. The molecule has 3 rings (SSSR count). The number of rotatable bonds is 5. The first-order chi connectivity index (χ1) is 11.9. The maximum absolute atomic E-state index is 12.3. The molecule has 25 heavy (non-hydrogen) atoms. The van der Waals surface area contributed by atoms with Crippen LogP contribution in [0, 0.1) is 5.92 Å². The normalized spacial score (nSPS) is 19.2. The summed E-state index contributed by atoms with van der Waals surface area (Å²) in [6, 6.07) is 10.1. The highest BCUT2D eigenvalue weighted by atomic mass is 32.2. The molecule has 2 amide bonds. The fraction of sp³-hybridized carbons (Fsp3) is 0.294. The van der Waals surface area contributed by atoms with Gasteiger partial charge in [-0.2, -0.15) is 0 Å². The molecule has 6 nitrogen and oxygen atoms in total. The molecule has 1 N–H and O–H groups in total. The average Bonchev–Trinajstić information content (AvgIpc) is 3.14. The fourth-order valence-corrected chi connectivity index (χ4v) is 5.24. The second kappa shape index (κ2) is 6.97. The van der Waals surface area contributed by atoms with Crippen LogP contribution in [-0.4, -0.2) is 32.5 Å². The van der Waals surface area contributed by atoms with Crippen molar-refractivity contribution in [2.75, 3.05) is 16.6 Å². The van der Waals surface area contributed by atoms with Crippen molar-refractivity contribution in [1.29, 1.82) is 0 Å². The van der Waals surface area contributed by atoms with E-state index in [1.54, 1.807) is 30.4 Å². The second-order valence-corrected chi connectivity index (χ2v) is 8.81. The quantitative estimate of drug-likeness (QED) is 0.863. The molecule has 132 valence electrons. The number of hydrogen-bond acceptors (Lipinski definition) is 5. The van der Waals surface area contributed by atoms with Gasteiger partial charge in [0.25, 0.3) is 5.91 Å². The van der Waals surface area contributed by atoms with Gasteiger partial charge in [0, 0.05) is 17.0 Å². The van der Waals surface area contributed by atoms with Crippen molar-refractivity contribution in [1.82, 2.24) is 5.32 Å². The largest absolute Gasteiger partial charge is 0.352 e. The lowest BCUT2D eigenvalue weighted by Crippen LogP contribution is -2.31. The van der Waals surface area contributed by atoms with Crippen molar-refractivity contribution in [3.63, 3.8) is 0 Å². The Morgan fingerprint density at radius 3 is 2.76 bits per heavy atom. The molecule has 2 aromatic rings. The van der Waals surface area contributed by atoms with Gasteiger partial charge in [-0.1, -0.05) is 19.1 Å². The van der Waals surface area contributed by atoms with Crippen LogP contribution in [-0.2, 0) is 21.2 Å². The third-order valence-corrected chi connectivity index (χ3v) is 6.74. The zero-order valence-electron chi connectivity index (χ0n) is 13.6. The molecule has 0 radical (unpaired) electrons. The minimum absolute atomic E-state index is 0.205. The maximum atomic E-state index is 12.3. The summed E-state index contributed by atoms with van der Waals surface area (Å²) >= 11 is 1.63. The third kappa shape index (κ3) is 3.74. The van der Waals surface area contributed by atoms with Gasteiger partial charge >= 0.3 is 0 Å². The van der Waals surface area contributed by atoms with Crippen molar-refractivity contribution >= 4 is 38.9 Å². The Labute approximate surface area is 150 Å². The van der Waals surface area contributed by atoms with Crippen molar-refractivity contribution in [3.05, 3.63) is 52.2 Å². The van der Waals surface area contributed by atoms with Crippen LogP contribution < -0.4 is 9.62 Å². The van der Waals surface area contributed by atoms with E-state index < -0.39 is 21.8 Å². The number of hydrogen-bond donors (Lipinski definition) is 1. The topological polar surface area (TPSA) is 83.6 Å². The Balaban J connectivity index is 1.73. The first-order valence-corrected chi connectivity index (χ1v) is 10.3. The molecule has 1 aromatic heterocycles. The highest BCUT2D eigenvalue weighted by Crippen LogP contribution is 2.28. The fourth-order valence-electron chi connectivity index (χ4n) is 2.72. The lowest BCUT2D eigenvalue weighted by Gasteiger charge is -2.16. The Kier molecular flexibility index (Phi) is 4.91. The Bertz CT molecular complexity index is 891. The van der Waals surface area contributed by atoms with Crippen LogP contribution in [0.5, 0.6) is 0 Å². The van der Waals surface area contributed by atoms with E-state index in [4.69, 9.17) is 0 Å². The van der Waals surface area contributed by atoms with E-state index in [0.717, 1.165) is 10.7 Å². The number of thiophene rings is 1. The second-order valence-electron chi connectivity index (χ2n) is 5.92. The van der Waals surface area contributed by atoms with Crippen LogP contribution in [0.25, 0.3) is 0 Å². The molecule has 1 atom stereocenters. The number of nitrogens with zero attached hydrogens (tertiary/aromatic N) is 1. The number of benzene rings is 1. The number of amides is 2. The molecule has 0 aliphatic carbocycles. The lowest BCUT2D eigenvalue weighted by molar-refractivity contribution is -0.119. The van der Waals surface area contributed by atoms with E-state index in [1.165, 1.54) is 17.0 Å². The van der Waals surface area contributed by atoms with Gasteiger partial charge in [0.15, 0.2) is 0 Å². The van der Waals surface area contributed by atoms with Gasteiger partial charge in [0.1, 0.15) is 0 Å². The van der Waals surface area contributed by atoms with Gasteiger partial charge < -0.3 is 5.32 Å². The van der Waals surface area contributed by atoms with Crippen LogP contribution in [0.2, 0.25) is 0 Å². The van der Waals surface area contributed by atoms with Crippen molar-refractivity contribution in [2.24, 2.45) is 5.92 Å². The number of carbonyl (C=O) groups is 2. The smallest absolute Gasteiger partial charge is 0.251 e. The molecule has 2 heterocycles. The summed E-state index contributed by atoms with van der Waals surface area (Å²) in [5.41, 5.74) is 0.534.